The Kier molecular flexibility index (Phi) is 7.81. The van der Waals surface area contributed by atoms with Crippen LogP contribution in [0.25, 0.3) is 0 Å². The Labute approximate surface area is 246 Å². The van der Waals surface area contributed by atoms with Crippen LogP contribution in [0.5, 0.6) is 0 Å². The third-order valence-electron chi connectivity index (χ3n) is 7.49. The molecule has 0 radical (unpaired) electrons. The summed E-state index contributed by atoms with van der Waals surface area (Å²) in [6, 6.07) is 33.2. The zero-order valence-electron chi connectivity index (χ0n) is 23.7. The van der Waals surface area contributed by atoms with Gasteiger partial charge in [-0.2, -0.15) is 10.5 Å². The van der Waals surface area contributed by atoms with Crippen LogP contribution >= 0.6 is 14.3 Å². The van der Waals surface area contributed by atoms with Gasteiger partial charge in [-0.25, -0.2) is 9.97 Å². The summed E-state index contributed by atoms with van der Waals surface area (Å²) >= 11 is 0. The van der Waals surface area contributed by atoms with E-state index >= 15 is 9.13 Å². The van der Waals surface area contributed by atoms with Crippen molar-refractivity contribution < 1.29 is 9.13 Å². The monoisotopic (exact) mass is 586 g/mol. The van der Waals surface area contributed by atoms with Crippen LogP contribution in [0.4, 0.5) is 0 Å². The van der Waals surface area contributed by atoms with Gasteiger partial charge >= 0.3 is 0 Å². The molecule has 4 aromatic carbocycles. The van der Waals surface area contributed by atoms with Gasteiger partial charge in [0.05, 0.1) is 0 Å². The molecular weight excluding hydrogens is 558 g/mol. The van der Waals surface area contributed by atoms with Crippen molar-refractivity contribution in [2.45, 2.75) is 27.7 Å². The SMILES string of the molecule is Cc1ccccc1P(=O)(c1ccccc1C)c1nc(C#N)c(C#N)nc1P(=O)(c1ccccc1C)c1ccccc1C. The van der Waals surface area contributed by atoms with Crippen molar-refractivity contribution in [2.24, 2.45) is 0 Å². The quantitative estimate of drug-likeness (QED) is 0.266. The summed E-state index contributed by atoms with van der Waals surface area (Å²) in [6.45, 7) is 7.46. The first kappa shape index (κ1) is 28.9. The fourth-order valence-corrected chi connectivity index (χ4v) is 12.3. The predicted octanol–water partition coefficient (Wildman–Crippen LogP) is 4.73. The molecule has 0 fully saturated rings. The average molecular weight is 587 g/mol. The number of aryl methyl sites for hydroxylation is 4. The first-order chi connectivity index (χ1) is 20.2. The molecule has 5 aromatic rings. The zero-order valence-corrected chi connectivity index (χ0v) is 25.5. The molecule has 0 unspecified atom stereocenters. The van der Waals surface area contributed by atoms with E-state index in [1.807, 2.05) is 88.4 Å². The number of benzene rings is 4. The second-order valence-corrected chi connectivity index (χ2v) is 15.4. The van der Waals surface area contributed by atoms with E-state index in [0.717, 1.165) is 22.3 Å². The lowest BCUT2D eigenvalue weighted by Gasteiger charge is -2.28. The number of aromatic nitrogens is 2. The van der Waals surface area contributed by atoms with Gasteiger partial charge in [-0.1, -0.05) is 97.1 Å². The molecule has 1 aromatic heterocycles. The summed E-state index contributed by atoms with van der Waals surface area (Å²) in [5, 5.41) is 22.1. The summed E-state index contributed by atoms with van der Waals surface area (Å²) in [7, 11) is -7.87. The summed E-state index contributed by atoms with van der Waals surface area (Å²) in [6.07, 6.45) is 0. The molecule has 0 aliphatic rings. The molecule has 0 saturated heterocycles. The standard InChI is InChI=1S/C34H28N4O2P2/c1-23-13-5-9-17-29(23)41(39,30-18-10-6-14-24(30)2)33-34(38-28(22-36)27(21-35)37-33)42(40,31-19-11-7-15-25(31)3)32-20-12-8-16-26(32)4/h5-20H,1-4H3. The van der Waals surface area contributed by atoms with Crippen LogP contribution in [0, 0.1) is 50.4 Å². The third-order valence-corrected chi connectivity index (χ3v) is 14.2. The van der Waals surface area contributed by atoms with Crippen LogP contribution < -0.4 is 32.1 Å². The highest BCUT2D eigenvalue weighted by atomic mass is 31.2. The molecule has 0 amide bonds. The molecule has 0 atom stereocenters. The lowest BCUT2D eigenvalue weighted by atomic mass is 10.2. The molecule has 42 heavy (non-hydrogen) atoms. The number of rotatable bonds is 6. The molecule has 6 nitrogen and oxygen atoms in total. The Morgan fingerprint density at radius 3 is 0.929 bits per heavy atom. The topological polar surface area (TPSA) is 108 Å². The van der Waals surface area contributed by atoms with Gasteiger partial charge in [-0.05, 0) is 49.9 Å². The highest BCUT2D eigenvalue weighted by Gasteiger charge is 2.45. The molecule has 8 heteroatoms. The van der Waals surface area contributed by atoms with Crippen LogP contribution in [-0.2, 0) is 9.13 Å². The van der Waals surface area contributed by atoms with Gasteiger partial charge in [0.1, 0.15) is 23.0 Å². The van der Waals surface area contributed by atoms with Crippen molar-refractivity contribution in [3.63, 3.8) is 0 Å². The van der Waals surface area contributed by atoms with Crippen molar-refractivity contribution >= 4 is 46.4 Å². The molecule has 0 N–H and O–H groups in total. The van der Waals surface area contributed by atoms with Crippen LogP contribution in [-0.4, -0.2) is 9.97 Å². The average Bonchev–Trinajstić information content (AvgIpc) is 3.00. The Balaban J connectivity index is 2.07. The molecular formula is C34H28N4O2P2. The summed E-state index contributed by atoms with van der Waals surface area (Å²) in [5.41, 5.74) is 2.39. The maximum Gasteiger partial charge on any atom is 0.191 e. The number of hydrogen-bond donors (Lipinski definition) is 0. The maximum absolute atomic E-state index is 16.0. The lowest BCUT2D eigenvalue weighted by molar-refractivity contribution is 0.589. The minimum atomic E-state index is -3.93. The summed E-state index contributed by atoms with van der Waals surface area (Å²) in [5.74, 6) is 0. The highest BCUT2D eigenvalue weighted by Crippen LogP contribution is 2.49. The van der Waals surface area contributed by atoms with Crippen LogP contribution in [0.1, 0.15) is 33.6 Å². The van der Waals surface area contributed by atoms with Gasteiger partial charge < -0.3 is 9.13 Å². The highest BCUT2D eigenvalue weighted by molar-refractivity contribution is 7.90. The van der Waals surface area contributed by atoms with Gasteiger partial charge in [0.25, 0.3) is 0 Å². The van der Waals surface area contributed by atoms with Crippen molar-refractivity contribution in [3.05, 3.63) is 131 Å². The molecule has 0 bridgehead atoms. The van der Waals surface area contributed by atoms with E-state index in [2.05, 4.69) is 9.97 Å². The molecule has 0 aliphatic heterocycles. The van der Waals surface area contributed by atoms with E-state index in [1.54, 1.807) is 48.5 Å². The van der Waals surface area contributed by atoms with Crippen LogP contribution in [0.15, 0.2) is 97.1 Å². The van der Waals surface area contributed by atoms with Gasteiger partial charge in [-0.3, -0.25) is 0 Å². The minimum absolute atomic E-state index is 0.0449. The largest absolute Gasteiger partial charge is 0.307 e. The molecule has 0 saturated carbocycles. The second kappa shape index (κ2) is 11.3. The van der Waals surface area contributed by atoms with Crippen LogP contribution in [0.3, 0.4) is 0 Å². The first-order valence-electron chi connectivity index (χ1n) is 13.4. The smallest absolute Gasteiger partial charge is 0.191 e. The van der Waals surface area contributed by atoms with Crippen LogP contribution in [0.2, 0.25) is 0 Å². The van der Waals surface area contributed by atoms with Crippen molar-refractivity contribution in [3.8, 4) is 12.1 Å². The van der Waals surface area contributed by atoms with E-state index in [4.69, 9.17) is 0 Å². The van der Waals surface area contributed by atoms with E-state index in [1.165, 1.54) is 0 Å². The Morgan fingerprint density at radius 1 is 0.476 bits per heavy atom. The fourth-order valence-electron chi connectivity index (χ4n) is 5.38. The minimum Gasteiger partial charge on any atom is -0.307 e. The third kappa shape index (κ3) is 4.60. The number of hydrogen-bond acceptors (Lipinski definition) is 6. The number of nitriles is 2. The molecule has 1 heterocycles. The molecule has 0 aliphatic carbocycles. The maximum atomic E-state index is 16.0. The van der Waals surface area contributed by atoms with Crippen molar-refractivity contribution in [2.75, 3.05) is 0 Å². The molecule has 206 valence electrons. The fraction of sp³-hybridized carbons (Fsp3) is 0.118. The van der Waals surface area contributed by atoms with Crippen molar-refractivity contribution in [1.82, 2.24) is 9.97 Å². The summed E-state index contributed by atoms with van der Waals surface area (Å²) in [4.78, 5) is 9.33. The lowest BCUT2D eigenvalue weighted by Crippen LogP contribution is -2.44. The normalized spacial score (nSPS) is 11.5. The van der Waals surface area contributed by atoms with Gasteiger partial charge in [0.15, 0.2) is 25.7 Å². The Morgan fingerprint density at radius 2 is 0.714 bits per heavy atom. The van der Waals surface area contributed by atoms with Gasteiger partial charge in [-0.15, -0.1) is 0 Å². The van der Waals surface area contributed by atoms with Crippen molar-refractivity contribution in [1.29, 1.82) is 10.5 Å². The van der Waals surface area contributed by atoms with Gasteiger partial charge in [0.2, 0.25) is 0 Å². The molecule has 5 rings (SSSR count). The predicted molar refractivity (Wildman–Crippen MR) is 169 cm³/mol. The Hall–Kier alpha value is -4.60. The van der Waals surface area contributed by atoms with E-state index in [-0.39, 0.29) is 22.3 Å². The Bertz CT molecular complexity index is 1790. The molecule has 0 spiro atoms. The summed E-state index contributed by atoms with van der Waals surface area (Å²) < 4.78 is 32.0. The van der Waals surface area contributed by atoms with E-state index in [9.17, 15) is 10.5 Å². The zero-order chi connectivity index (χ0) is 30.1. The van der Waals surface area contributed by atoms with E-state index < -0.39 is 14.3 Å². The van der Waals surface area contributed by atoms with Gasteiger partial charge in [0, 0.05) is 21.2 Å². The first-order valence-corrected chi connectivity index (χ1v) is 16.8. The number of nitrogens with zero attached hydrogens (tertiary/aromatic N) is 4. The second-order valence-electron chi connectivity index (χ2n) is 10.2. The van der Waals surface area contributed by atoms with E-state index in [0.29, 0.717) is 21.2 Å².